The number of allylic oxidation sites excluding steroid dienone is 2. The van der Waals surface area contributed by atoms with Crippen molar-refractivity contribution >= 4 is 5.91 Å². The largest absolute Gasteiger partial charge is 0.274 e. The second-order valence-corrected chi connectivity index (χ2v) is 2.20. The summed E-state index contributed by atoms with van der Waals surface area (Å²) >= 11 is 0. The van der Waals surface area contributed by atoms with Gasteiger partial charge in [0, 0.05) is 13.1 Å². The Balaban J connectivity index is 3.96. The lowest BCUT2D eigenvalue weighted by molar-refractivity contribution is -0.162. The summed E-state index contributed by atoms with van der Waals surface area (Å²) in [6.45, 7) is 5.43. The van der Waals surface area contributed by atoms with Crippen LogP contribution in [0.2, 0.25) is 0 Å². The number of amides is 1. The van der Waals surface area contributed by atoms with Gasteiger partial charge in [0.05, 0.1) is 7.11 Å². The Kier molecular flexibility index (Phi) is 4.22. The first-order valence-corrected chi connectivity index (χ1v) is 3.23. The van der Waals surface area contributed by atoms with Crippen LogP contribution in [0, 0.1) is 0 Å². The van der Waals surface area contributed by atoms with E-state index in [-0.39, 0.29) is 5.91 Å². The van der Waals surface area contributed by atoms with Crippen molar-refractivity contribution in [1.29, 1.82) is 0 Å². The quantitative estimate of drug-likeness (QED) is 0.347. The van der Waals surface area contributed by atoms with E-state index >= 15 is 0 Å². The van der Waals surface area contributed by atoms with Crippen molar-refractivity contribution in [3.8, 4) is 0 Å². The predicted molar refractivity (Wildman–Crippen MR) is 43.7 cm³/mol. The summed E-state index contributed by atoms with van der Waals surface area (Å²) in [5.41, 5.74) is 0.836. The van der Waals surface area contributed by atoms with Crippen molar-refractivity contribution in [2.45, 2.75) is 6.92 Å². The van der Waals surface area contributed by atoms with E-state index in [0.717, 1.165) is 10.6 Å². The highest BCUT2D eigenvalue weighted by Gasteiger charge is 2.00. The molecule has 0 fully saturated rings. The summed E-state index contributed by atoms with van der Waals surface area (Å²) in [6, 6.07) is 0. The second-order valence-electron chi connectivity index (χ2n) is 2.20. The lowest BCUT2D eigenvalue weighted by atomic mass is 10.3. The zero-order valence-electron chi connectivity index (χ0n) is 7.13. The number of hydrogen-bond donors (Lipinski definition) is 0. The molecule has 0 aliphatic rings. The van der Waals surface area contributed by atoms with Crippen LogP contribution in [0.4, 0.5) is 0 Å². The maximum atomic E-state index is 11.0. The van der Waals surface area contributed by atoms with E-state index in [0.29, 0.717) is 0 Å². The van der Waals surface area contributed by atoms with E-state index in [4.69, 9.17) is 0 Å². The Labute approximate surface area is 66.9 Å². The van der Waals surface area contributed by atoms with Gasteiger partial charge in [-0.05, 0) is 6.92 Å². The van der Waals surface area contributed by atoms with Gasteiger partial charge in [-0.1, -0.05) is 18.2 Å². The van der Waals surface area contributed by atoms with Gasteiger partial charge in [-0.25, -0.2) is 5.06 Å². The van der Waals surface area contributed by atoms with E-state index in [1.165, 1.54) is 13.2 Å². The molecule has 11 heavy (non-hydrogen) atoms. The average molecular weight is 155 g/mol. The topological polar surface area (TPSA) is 29.5 Å². The maximum absolute atomic E-state index is 11.0. The molecule has 0 aromatic carbocycles. The summed E-state index contributed by atoms with van der Waals surface area (Å²) in [7, 11) is 2.98. The Hall–Kier alpha value is -1.09. The molecule has 0 rings (SSSR count). The third-order valence-electron chi connectivity index (χ3n) is 1.09. The zero-order valence-corrected chi connectivity index (χ0v) is 7.13. The van der Waals surface area contributed by atoms with E-state index in [9.17, 15) is 4.79 Å². The first-order valence-electron chi connectivity index (χ1n) is 3.23. The monoisotopic (exact) mass is 155 g/mol. The molecule has 0 heterocycles. The van der Waals surface area contributed by atoms with Crippen LogP contribution in [-0.2, 0) is 9.63 Å². The maximum Gasteiger partial charge on any atom is 0.269 e. The van der Waals surface area contributed by atoms with Gasteiger partial charge in [-0.2, -0.15) is 0 Å². The van der Waals surface area contributed by atoms with Crippen LogP contribution in [0.25, 0.3) is 0 Å². The molecule has 0 bridgehead atoms. The third kappa shape index (κ3) is 4.33. The molecule has 0 aromatic rings. The average Bonchev–Trinajstić information content (AvgIpc) is 1.98. The SMILES string of the molecule is C=C(C)/C=C/C(=O)N(C)OC. The molecule has 0 spiro atoms. The molecule has 1 amide bonds. The molecule has 0 atom stereocenters. The highest BCUT2D eigenvalue weighted by molar-refractivity contribution is 5.86. The van der Waals surface area contributed by atoms with Crippen LogP contribution in [0.15, 0.2) is 24.3 Å². The van der Waals surface area contributed by atoms with Crippen molar-refractivity contribution in [3.63, 3.8) is 0 Å². The molecule has 0 aliphatic carbocycles. The van der Waals surface area contributed by atoms with Crippen molar-refractivity contribution in [3.05, 3.63) is 24.3 Å². The van der Waals surface area contributed by atoms with Crippen LogP contribution in [0.1, 0.15) is 6.92 Å². The van der Waals surface area contributed by atoms with E-state index in [1.807, 2.05) is 6.92 Å². The Morgan fingerprint density at radius 1 is 1.55 bits per heavy atom. The molecule has 0 radical (unpaired) electrons. The second kappa shape index (κ2) is 4.68. The molecule has 0 unspecified atom stereocenters. The summed E-state index contributed by atoms with van der Waals surface area (Å²) in [6.07, 6.45) is 3.05. The third-order valence-corrected chi connectivity index (χ3v) is 1.09. The summed E-state index contributed by atoms with van der Waals surface area (Å²) in [5, 5.41) is 1.14. The minimum Gasteiger partial charge on any atom is -0.274 e. The minimum atomic E-state index is -0.199. The summed E-state index contributed by atoms with van der Waals surface area (Å²) in [5.74, 6) is -0.199. The molecule has 0 saturated heterocycles. The van der Waals surface area contributed by atoms with Gasteiger partial charge >= 0.3 is 0 Å². The number of nitrogens with zero attached hydrogens (tertiary/aromatic N) is 1. The van der Waals surface area contributed by atoms with Gasteiger partial charge in [0.1, 0.15) is 0 Å². The minimum absolute atomic E-state index is 0.199. The number of rotatable bonds is 3. The van der Waals surface area contributed by atoms with Gasteiger partial charge in [-0.15, -0.1) is 0 Å². The molecule has 0 saturated carbocycles. The fourth-order valence-electron chi connectivity index (χ4n) is 0.408. The van der Waals surface area contributed by atoms with Crippen LogP contribution >= 0.6 is 0 Å². The van der Waals surface area contributed by atoms with Crippen LogP contribution in [-0.4, -0.2) is 25.1 Å². The van der Waals surface area contributed by atoms with Crippen LogP contribution < -0.4 is 0 Å². The fraction of sp³-hybridized carbons (Fsp3) is 0.375. The van der Waals surface area contributed by atoms with Gasteiger partial charge < -0.3 is 0 Å². The Morgan fingerprint density at radius 3 is 2.45 bits per heavy atom. The van der Waals surface area contributed by atoms with Crippen molar-refractivity contribution in [2.75, 3.05) is 14.2 Å². The normalized spacial score (nSPS) is 10.1. The molecule has 0 aromatic heterocycles. The van der Waals surface area contributed by atoms with Crippen molar-refractivity contribution in [1.82, 2.24) is 5.06 Å². The Morgan fingerprint density at radius 2 is 2.09 bits per heavy atom. The molecule has 3 heteroatoms. The van der Waals surface area contributed by atoms with E-state index in [2.05, 4.69) is 11.4 Å². The molecular formula is C8H13NO2. The van der Waals surface area contributed by atoms with Gasteiger partial charge in [0.25, 0.3) is 5.91 Å². The highest BCUT2D eigenvalue weighted by atomic mass is 16.7. The number of hydrogen-bond acceptors (Lipinski definition) is 2. The first-order chi connectivity index (χ1) is 5.07. The predicted octanol–water partition coefficient (Wildman–Crippen LogP) is 1.14. The lowest BCUT2D eigenvalue weighted by Gasteiger charge is -2.09. The number of carbonyl (C=O) groups is 1. The first kappa shape index (κ1) is 9.91. The van der Waals surface area contributed by atoms with Crippen molar-refractivity contribution < 1.29 is 9.63 Å². The van der Waals surface area contributed by atoms with Gasteiger partial charge in [0.15, 0.2) is 0 Å². The standard InChI is InChI=1S/C8H13NO2/c1-7(2)5-6-8(10)9(3)11-4/h5-6H,1H2,2-4H3/b6-5+. The smallest absolute Gasteiger partial charge is 0.269 e. The van der Waals surface area contributed by atoms with Crippen molar-refractivity contribution in [2.24, 2.45) is 0 Å². The molecule has 3 nitrogen and oxygen atoms in total. The van der Waals surface area contributed by atoms with Crippen LogP contribution in [0.3, 0.4) is 0 Å². The number of likely N-dealkylation sites (N-methyl/N-ethyl adjacent to an activating group) is 1. The Bertz CT molecular complexity index is 185. The summed E-state index contributed by atoms with van der Waals surface area (Å²) < 4.78 is 0. The number of carbonyl (C=O) groups excluding carboxylic acids is 1. The molecular weight excluding hydrogens is 142 g/mol. The van der Waals surface area contributed by atoms with Crippen LogP contribution in [0.5, 0.6) is 0 Å². The zero-order chi connectivity index (χ0) is 8.85. The highest BCUT2D eigenvalue weighted by Crippen LogP contribution is 1.91. The lowest BCUT2D eigenvalue weighted by Crippen LogP contribution is -2.23. The molecule has 0 N–H and O–H groups in total. The molecule has 62 valence electrons. The van der Waals surface area contributed by atoms with Gasteiger partial charge in [0.2, 0.25) is 0 Å². The van der Waals surface area contributed by atoms with E-state index in [1.54, 1.807) is 13.1 Å². The number of hydroxylamine groups is 2. The molecule has 0 aliphatic heterocycles. The van der Waals surface area contributed by atoms with Gasteiger partial charge in [-0.3, -0.25) is 9.63 Å². The summed E-state index contributed by atoms with van der Waals surface area (Å²) in [4.78, 5) is 15.6. The fourth-order valence-corrected chi connectivity index (χ4v) is 0.408. The van der Waals surface area contributed by atoms with E-state index < -0.39 is 0 Å².